The van der Waals surface area contributed by atoms with Gasteiger partial charge in [0, 0.05) is 0 Å². The Morgan fingerprint density at radius 1 is 1.27 bits per heavy atom. The third-order valence-electron chi connectivity index (χ3n) is 4.09. The third kappa shape index (κ3) is 3.19. The van der Waals surface area contributed by atoms with Crippen molar-refractivity contribution >= 4 is 28.9 Å². The summed E-state index contributed by atoms with van der Waals surface area (Å²) in [6, 6.07) is 4.13. The molecule has 2 N–H and O–H groups in total. The Labute approximate surface area is 134 Å². The van der Waals surface area contributed by atoms with Gasteiger partial charge in [-0.05, 0) is 73.4 Å². The largest absolute Gasteiger partial charge is 0.507 e. The molecule has 0 bridgehead atoms. The highest BCUT2D eigenvalue weighted by atomic mass is 32.2. The minimum atomic E-state index is -0.0925. The van der Waals surface area contributed by atoms with E-state index in [0.717, 1.165) is 34.7 Å². The summed E-state index contributed by atoms with van der Waals surface area (Å²) < 4.78 is 0. The van der Waals surface area contributed by atoms with E-state index in [0.29, 0.717) is 16.7 Å². The number of rotatable bonds is 2. The molecule has 0 radical (unpaired) electrons. The molecule has 1 amide bonds. The van der Waals surface area contributed by atoms with Crippen LogP contribution in [-0.2, 0) is 4.79 Å². The van der Waals surface area contributed by atoms with E-state index in [1.807, 2.05) is 32.1 Å². The average Bonchev–Trinajstić information content (AvgIpc) is 3.07. The van der Waals surface area contributed by atoms with Crippen LogP contribution in [0, 0.1) is 13.8 Å². The highest BCUT2D eigenvalue weighted by Crippen LogP contribution is 2.30. The van der Waals surface area contributed by atoms with E-state index in [1.165, 1.54) is 24.6 Å². The van der Waals surface area contributed by atoms with Crippen molar-refractivity contribution in [2.24, 2.45) is 4.99 Å². The van der Waals surface area contributed by atoms with Gasteiger partial charge in [0.2, 0.25) is 0 Å². The number of aryl methyl sites for hydroxylation is 2. The highest BCUT2D eigenvalue weighted by Gasteiger charge is 2.25. The summed E-state index contributed by atoms with van der Waals surface area (Å²) in [4.78, 5) is 17.4. The van der Waals surface area contributed by atoms with Crippen molar-refractivity contribution in [3.05, 3.63) is 33.7 Å². The van der Waals surface area contributed by atoms with E-state index < -0.39 is 0 Å². The first-order chi connectivity index (χ1) is 10.5. The van der Waals surface area contributed by atoms with Crippen molar-refractivity contribution in [3.8, 4) is 5.75 Å². The summed E-state index contributed by atoms with van der Waals surface area (Å²) >= 11 is 1.40. The minimum absolute atomic E-state index is 0.0925. The number of nitrogens with zero attached hydrogens (tertiary/aromatic N) is 1. The molecule has 0 unspecified atom stereocenters. The van der Waals surface area contributed by atoms with E-state index in [2.05, 4.69) is 10.3 Å². The van der Waals surface area contributed by atoms with Gasteiger partial charge in [-0.1, -0.05) is 12.8 Å². The van der Waals surface area contributed by atoms with Crippen LogP contribution in [0.5, 0.6) is 5.75 Å². The fraction of sp³-hybridized carbons (Fsp3) is 0.412. The van der Waals surface area contributed by atoms with Gasteiger partial charge < -0.3 is 10.4 Å². The molecule has 22 heavy (non-hydrogen) atoms. The standard InChI is InChI=1S/C17H20N2O2S/c1-10-7-12(8-11(2)15(10)20)9-14-16(21)19-17(22-14)18-13-5-3-4-6-13/h7-9,13,20H,3-6H2,1-2H3,(H,18,19,21). The van der Waals surface area contributed by atoms with Crippen molar-refractivity contribution in [1.82, 2.24) is 5.32 Å². The van der Waals surface area contributed by atoms with Crippen LogP contribution in [0.4, 0.5) is 0 Å². The Morgan fingerprint density at radius 3 is 2.55 bits per heavy atom. The zero-order valence-electron chi connectivity index (χ0n) is 12.8. The summed E-state index contributed by atoms with van der Waals surface area (Å²) in [5.41, 5.74) is 2.55. The Bertz CT molecular complexity index is 650. The van der Waals surface area contributed by atoms with Crippen molar-refractivity contribution in [2.45, 2.75) is 45.6 Å². The molecule has 0 spiro atoms. The third-order valence-corrected chi connectivity index (χ3v) is 5.01. The second-order valence-electron chi connectivity index (χ2n) is 5.94. The van der Waals surface area contributed by atoms with E-state index >= 15 is 0 Å². The number of hydrogen-bond acceptors (Lipinski definition) is 4. The molecule has 3 rings (SSSR count). The molecule has 1 aromatic rings. The molecule has 1 aliphatic heterocycles. The molecule has 2 aliphatic rings. The Balaban J connectivity index is 1.81. The molecule has 116 valence electrons. The van der Waals surface area contributed by atoms with Crippen LogP contribution in [0.1, 0.15) is 42.4 Å². The van der Waals surface area contributed by atoms with E-state index in [1.54, 1.807) is 0 Å². The van der Waals surface area contributed by atoms with Crippen molar-refractivity contribution < 1.29 is 9.90 Å². The quantitative estimate of drug-likeness (QED) is 0.821. The number of carbonyl (C=O) groups excluding carboxylic acids is 1. The number of aliphatic imine (C=N–C) groups is 1. The number of phenolic OH excluding ortho intramolecular Hbond substituents is 1. The van der Waals surface area contributed by atoms with Gasteiger partial charge >= 0.3 is 0 Å². The lowest BCUT2D eigenvalue weighted by molar-refractivity contribution is -0.115. The fourth-order valence-electron chi connectivity index (χ4n) is 2.91. The summed E-state index contributed by atoms with van der Waals surface area (Å²) in [5, 5.41) is 13.4. The summed E-state index contributed by atoms with van der Waals surface area (Å²) in [6.07, 6.45) is 6.56. The Morgan fingerprint density at radius 2 is 1.91 bits per heavy atom. The van der Waals surface area contributed by atoms with Gasteiger partial charge in [-0.2, -0.15) is 0 Å². The first-order valence-corrected chi connectivity index (χ1v) is 8.43. The second-order valence-corrected chi connectivity index (χ2v) is 6.97. The monoisotopic (exact) mass is 316 g/mol. The van der Waals surface area contributed by atoms with E-state index in [9.17, 15) is 9.90 Å². The number of nitrogens with one attached hydrogen (secondary N) is 1. The SMILES string of the molecule is Cc1cc(C=C2SC(=NC3CCCC3)NC2=O)cc(C)c1O. The molecule has 5 heteroatoms. The maximum atomic E-state index is 12.1. The van der Waals surface area contributed by atoms with Gasteiger partial charge in [-0.3, -0.25) is 9.79 Å². The maximum absolute atomic E-state index is 12.1. The smallest absolute Gasteiger partial charge is 0.264 e. The lowest BCUT2D eigenvalue weighted by atomic mass is 10.1. The van der Waals surface area contributed by atoms with Crippen LogP contribution in [-0.4, -0.2) is 22.2 Å². The molecule has 2 fully saturated rings. The fourth-order valence-corrected chi connectivity index (χ4v) is 3.80. The van der Waals surface area contributed by atoms with Crippen LogP contribution in [0.2, 0.25) is 0 Å². The molecule has 4 nitrogen and oxygen atoms in total. The summed E-state index contributed by atoms with van der Waals surface area (Å²) in [7, 11) is 0. The minimum Gasteiger partial charge on any atom is -0.507 e. The molecule has 1 saturated carbocycles. The molecular weight excluding hydrogens is 296 g/mol. The van der Waals surface area contributed by atoms with Crippen molar-refractivity contribution in [1.29, 1.82) is 0 Å². The predicted octanol–water partition coefficient (Wildman–Crippen LogP) is 3.51. The summed E-state index contributed by atoms with van der Waals surface area (Å²) in [6.45, 7) is 3.72. The van der Waals surface area contributed by atoms with Crippen LogP contribution >= 0.6 is 11.8 Å². The molecular formula is C17H20N2O2S. The van der Waals surface area contributed by atoms with Gasteiger partial charge in [0.15, 0.2) is 5.17 Å². The molecule has 1 aromatic carbocycles. The summed E-state index contributed by atoms with van der Waals surface area (Å²) in [5.74, 6) is 0.222. The van der Waals surface area contributed by atoms with E-state index in [4.69, 9.17) is 0 Å². The molecule has 0 aromatic heterocycles. The second kappa shape index (κ2) is 6.16. The number of hydrogen-bond donors (Lipinski definition) is 2. The Hall–Kier alpha value is -1.75. The van der Waals surface area contributed by atoms with Crippen LogP contribution < -0.4 is 5.32 Å². The number of aromatic hydroxyl groups is 1. The van der Waals surface area contributed by atoms with Crippen molar-refractivity contribution in [3.63, 3.8) is 0 Å². The predicted molar refractivity (Wildman–Crippen MR) is 91.0 cm³/mol. The number of phenols is 1. The molecule has 1 heterocycles. The normalized spacial score (nSPS) is 22.7. The maximum Gasteiger partial charge on any atom is 0.264 e. The van der Waals surface area contributed by atoms with Crippen LogP contribution in [0.25, 0.3) is 6.08 Å². The van der Waals surface area contributed by atoms with Gasteiger partial charge in [-0.25, -0.2) is 0 Å². The average molecular weight is 316 g/mol. The first kappa shape index (κ1) is 15.2. The lowest BCUT2D eigenvalue weighted by Crippen LogP contribution is -2.21. The van der Waals surface area contributed by atoms with Gasteiger partial charge in [0.05, 0.1) is 10.9 Å². The Kier molecular flexibility index (Phi) is 4.25. The van der Waals surface area contributed by atoms with E-state index in [-0.39, 0.29) is 5.91 Å². The highest BCUT2D eigenvalue weighted by molar-refractivity contribution is 8.18. The lowest BCUT2D eigenvalue weighted by Gasteiger charge is -2.05. The topological polar surface area (TPSA) is 61.7 Å². The van der Waals surface area contributed by atoms with Crippen molar-refractivity contribution in [2.75, 3.05) is 0 Å². The molecule has 1 aliphatic carbocycles. The molecule has 0 atom stereocenters. The van der Waals surface area contributed by atoms with Gasteiger partial charge in [0.1, 0.15) is 5.75 Å². The van der Waals surface area contributed by atoms with Crippen LogP contribution in [0.3, 0.4) is 0 Å². The number of benzene rings is 1. The van der Waals surface area contributed by atoms with Crippen LogP contribution in [0.15, 0.2) is 22.0 Å². The van der Waals surface area contributed by atoms with Gasteiger partial charge in [-0.15, -0.1) is 0 Å². The molecule has 1 saturated heterocycles. The first-order valence-electron chi connectivity index (χ1n) is 7.62. The number of carbonyl (C=O) groups is 1. The number of amidine groups is 1. The zero-order chi connectivity index (χ0) is 15.7. The number of amides is 1. The zero-order valence-corrected chi connectivity index (χ0v) is 13.7. The van der Waals surface area contributed by atoms with Gasteiger partial charge in [0.25, 0.3) is 5.91 Å². The number of thioether (sulfide) groups is 1.